The predicted molar refractivity (Wildman–Crippen MR) is 101 cm³/mol. The van der Waals surface area contributed by atoms with Gasteiger partial charge in [0.2, 0.25) is 0 Å². The Hall–Kier alpha value is 1.14. The normalized spacial score (nSPS) is 9.65. The van der Waals surface area contributed by atoms with Crippen LogP contribution in [0.25, 0.3) is 0 Å². The van der Waals surface area contributed by atoms with Crippen molar-refractivity contribution in [1.29, 1.82) is 0 Å². The quantitative estimate of drug-likeness (QED) is 0.204. The summed E-state index contributed by atoms with van der Waals surface area (Å²) in [5, 5.41) is 0. The molecule has 23 heavy (non-hydrogen) atoms. The molecule has 0 unspecified atom stereocenters. The Morgan fingerprint density at radius 1 is 0.565 bits per heavy atom. The van der Waals surface area contributed by atoms with E-state index >= 15 is 0 Å². The Morgan fingerprint density at radius 3 is 1.22 bits per heavy atom. The molecule has 0 aromatic carbocycles. The maximum atomic E-state index is 11.5. The van der Waals surface area contributed by atoms with Crippen molar-refractivity contribution in [3.05, 3.63) is 0 Å². The predicted octanol–water partition coefficient (Wildman–Crippen LogP) is 4.26. The molecule has 0 bridgehead atoms. The number of carbonyl (C=O) groups is 2. The topological polar surface area (TPSA) is 43.4 Å². The van der Waals surface area contributed by atoms with Crippen LogP contribution in [0.1, 0.15) is 104 Å². The zero-order valence-electron chi connectivity index (χ0n) is 14.1. The molecule has 0 spiro atoms. The third-order valence-corrected chi connectivity index (χ3v) is 3.70. The SMILES string of the molecule is CCCCCCCCCC(=O)OC(=O)CCCCCCC.[NaH].[NaH]. The average Bonchev–Trinajstić information content (AvgIpc) is 2.46. The fourth-order valence-electron chi connectivity index (χ4n) is 2.33. The van der Waals surface area contributed by atoms with E-state index in [9.17, 15) is 9.59 Å². The van der Waals surface area contributed by atoms with E-state index in [0.717, 1.165) is 32.1 Å². The van der Waals surface area contributed by atoms with Crippen molar-refractivity contribution in [2.45, 2.75) is 104 Å². The molecule has 0 fully saturated rings. The second kappa shape index (κ2) is 23.1. The summed E-state index contributed by atoms with van der Waals surface area (Å²) in [7, 11) is 0. The van der Waals surface area contributed by atoms with E-state index in [-0.39, 0.29) is 71.1 Å². The molecule has 0 amide bonds. The molecule has 0 atom stereocenters. The monoisotopic (exact) mass is 346 g/mol. The summed E-state index contributed by atoms with van der Waals surface area (Å²) in [5.41, 5.74) is 0. The summed E-state index contributed by atoms with van der Waals surface area (Å²) in [4.78, 5) is 22.9. The van der Waals surface area contributed by atoms with Crippen molar-refractivity contribution >= 4 is 71.1 Å². The van der Waals surface area contributed by atoms with Crippen LogP contribution < -0.4 is 0 Å². The molecule has 0 aromatic heterocycles. The van der Waals surface area contributed by atoms with E-state index < -0.39 is 0 Å². The summed E-state index contributed by atoms with van der Waals surface area (Å²) >= 11 is 0. The third-order valence-electron chi connectivity index (χ3n) is 3.70. The third kappa shape index (κ3) is 23.1. The van der Waals surface area contributed by atoms with Crippen LogP contribution in [-0.4, -0.2) is 71.1 Å². The summed E-state index contributed by atoms with van der Waals surface area (Å²) in [6, 6.07) is 0. The molecule has 0 N–H and O–H groups in total. The van der Waals surface area contributed by atoms with Gasteiger partial charge in [-0.1, -0.05) is 78.1 Å². The molecule has 0 aliphatic rings. The molecule has 0 rings (SSSR count). The van der Waals surface area contributed by atoms with Crippen LogP contribution in [0.4, 0.5) is 0 Å². The van der Waals surface area contributed by atoms with Crippen molar-refractivity contribution in [3.8, 4) is 0 Å². The van der Waals surface area contributed by atoms with E-state index in [4.69, 9.17) is 4.74 Å². The molecule has 0 aliphatic heterocycles. The maximum absolute atomic E-state index is 11.5. The van der Waals surface area contributed by atoms with E-state index in [1.54, 1.807) is 0 Å². The molecule has 0 aromatic rings. The molecule has 0 aliphatic carbocycles. The average molecular weight is 346 g/mol. The van der Waals surface area contributed by atoms with Gasteiger partial charge in [0.1, 0.15) is 0 Å². The zero-order chi connectivity index (χ0) is 15.8. The van der Waals surface area contributed by atoms with Crippen molar-refractivity contribution in [2.75, 3.05) is 0 Å². The van der Waals surface area contributed by atoms with E-state index in [2.05, 4.69) is 13.8 Å². The Bertz CT molecular complexity index is 271. The van der Waals surface area contributed by atoms with Gasteiger partial charge in [-0.3, -0.25) is 9.59 Å². The van der Waals surface area contributed by atoms with Crippen LogP contribution >= 0.6 is 0 Å². The van der Waals surface area contributed by atoms with Gasteiger partial charge in [0.15, 0.2) is 0 Å². The summed E-state index contributed by atoms with van der Waals surface area (Å²) in [6.45, 7) is 4.37. The Labute approximate surface area is 187 Å². The fourth-order valence-corrected chi connectivity index (χ4v) is 2.33. The first-order valence-corrected chi connectivity index (χ1v) is 8.94. The van der Waals surface area contributed by atoms with Gasteiger partial charge in [0.05, 0.1) is 0 Å². The van der Waals surface area contributed by atoms with Crippen LogP contribution in [0, 0.1) is 0 Å². The molecule has 5 heteroatoms. The Balaban J connectivity index is -0.00000200. The minimum atomic E-state index is -0.348. The van der Waals surface area contributed by atoms with E-state index in [0.29, 0.717) is 12.8 Å². The number of ether oxygens (including phenoxy) is 1. The number of esters is 2. The van der Waals surface area contributed by atoms with Gasteiger partial charge >= 0.3 is 71.1 Å². The summed E-state index contributed by atoms with van der Waals surface area (Å²) < 4.78 is 4.82. The van der Waals surface area contributed by atoms with Crippen LogP contribution in [0.2, 0.25) is 0 Å². The molecule has 0 heterocycles. The molecule has 0 radical (unpaired) electrons. The van der Waals surface area contributed by atoms with Crippen LogP contribution in [0.15, 0.2) is 0 Å². The first kappa shape index (κ1) is 28.9. The van der Waals surface area contributed by atoms with Gasteiger partial charge in [-0.15, -0.1) is 0 Å². The number of unbranched alkanes of at least 4 members (excludes halogenated alkanes) is 10. The second-order valence-corrected chi connectivity index (χ2v) is 5.88. The van der Waals surface area contributed by atoms with Crippen molar-refractivity contribution in [3.63, 3.8) is 0 Å². The number of rotatable bonds is 14. The van der Waals surface area contributed by atoms with Crippen LogP contribution in [0.5, 0.6) is 0 Å². The van der Waals surface area contributed by atoms with Gasteiger partial charge in [0, 0.05) is 12.8 Å². The molecular weight excluding hydrogens is 310 g/mol. The van der Waals surface area contributed by atoms with Gasteiger partial charge in [-0.05, 0) is 12.8 Å². The molecule has 128 valence electrons. The zero-order valence-corrected chi connectivity index (χ0v) is 14.1. The standard InChI is InChI=1S/C18H34O3.2Na.2H/c1-3-5-7-9-10-12-14-16-18(20)21-17(19)15-13-11-8-6-4-2;;;;/h3-16H2,1-2H3;;;;. The Kier molecular flexibility index (Phi) is 29.1. The van der Waals surface area contributed by atoms with Gasteiger partial charge in [-0.25, -0.2) is 0 Å². The van der Waals surface area contributed by atoms with Crippen molar-refractivity contribution < 1.29 is 14.3 Å². The van der Waals surface area contributed by atoms with E-state index in [1.807, 2.05) is 0 Å². The first-order valence-electron chi connectivity index (χ1n) is 8.94. The number of carbonyl (C=O) groups excluding carboxylic acids is 2. The van der Waals surface area contributed by atoms with Crippen LogP contribution in [0.3, 0.4) is 0 Å². The first-order chi connectivity index (χ1) is 10.2. The second-order valence-electron chi connectivity index (χ2n) is 5.88. The van der Waals surface area contributed by atoms with E-state index in [1.165, 1.54) is 44.9 Å². The molecule has 3 nitrogen and oxygen atoms in total. The van der Waals surface area contributed by atoms with Gasteiger partial charge < -0.3 is 4.74 Å². The fraction of sp³-hybridized carbons (Fsp3) is 0.889. The number of hydrogen-bond acceptors (Lipinski definition) is 3. The van der Waals surface area contributed by atoms with Crippen molar-refractivity contribution in [1.82, 2.24) is 0 Å². The van der Waals surface area contributed by atoms with Crippen LogP contribution in [-0.2, 0) is 14.3 Å². The summed E-state index contributed by atoms with van der Waals surface area (Å²) in [6.07, 6.45) is 14.4. The Morgan fingerprint density at radius 2 is 0.870 bits per heavy atom. The van der Waals surface area contributed by atoms with Crippen molar-refractivity contribution in [2.24, 2.45) is 0 Å². The molecule has 0 saturated heterocycles. The van der Waals surface area contributed by atoms with Gasteiger partial charge in [-0.2, -0.15) is 0 Å². The minimum absolute atomic E-state index is 0. The van der Waals surface area contributed by atoms with Gasteiger partial charge in [0.25, 0.3) is 0 Å². The summed E-state index contributed by atoms with van der Waals surface area (Å²) in [5.74, 6) is -0.693. The number of hydrogen-bond donors (Lipinski definition) is 0. The molecule has 0 saturated carbocycles. The molecular formula is C18H36Na2O3.